The lowest BCUT2D eigenvalue weighted by Crippen LogP contribution is -1.97. The summed E-state index contributed by atoms with van der Waals surface area (Å²) in [6, 6.07) is 8.42. The van der Waals surface area contributed by atoms with Crippen LogP contribution in [0, 0.1) is 3.57 Å². The summed E-state index contributed by atoms with van der Waals surface area (Å²) >= 11 is 2.30. The monoisotopic (exact) mass is 338 g/mol. The molecule has 2 aromatic rings. The summed E-state index contributed by atoms with van der Waals surface area (Å²) in [6.07, 6.45) is 5.58. The molecular weight excluding hydrogens is 323 g/mol. The van der Waals surface area contributed by atoms with Gasteiger partial charge in [-0.25, -0.2) is 4.98 Å². The number of halogens is 1. The summed E-state index contributed by atoms with van der Waals surface area (Å²) in [5.41, 5.74) is 2.40. The van der Waals surface area contributed by atoms with Gasteiger partial charge in [0, 0.05) is 22.1 Å². The van der Waals surface area contributed by atoms with Crippen molar-refractivity contribution in [3.63, 3.8) is 0 Å². The molecule has 1 aromatic carbocycles. The van der Waals surface area contributed by atoms with Crippen LogP contribution in [0.4, 0.5) is 0 Å². The predicted octanol–water partition coefficient (Wildman–Crippen LogP) is 3.16. The van der Waals surface area contributed by atoms with Crippen LogP contribution in [0.25, 0.3) is 0 Å². The Hall–Kier alpha value is -0.880. The third kappa shape index (κ3) is 4.47. The van der Waals surface area contributed by atoms with Crippen LogP contribution in [0.2, 0.25) is 0 Å². The van der Waals surface area contributed by atoms with Crippen molar-refractivity contribution in [3.05, 3.63) is 51.6 Å². The molecule has 1 aromatic heterocycles. The molecule has 17 heavy (non-hydrogen) atoms. The first-order valence-electron chi connectivity index (χ1n) is 5.64. The minimum Gasteiger partial charge on any atom is -0.377 e. The number of rotatable bonds is 6. The number of H-pyrrole nitrogens is 1. The predicted molar refractivity (Wildman–Crippen MR) is 75.7 cm³/mol. The largest absolute Gasteiger partial charge is 0.377 e. The van der Waals surface area contributed by atoms with Crippen LogP contribution >= 0.6 is 22.6 Å². The summed E-state index contributed by atoms with van der Waals surface area (Å²) in [6.45, 7) is 1.48. The molecule has 0 saturated heterocycles. The minimum atomic E-state index is 0.694. The Morgan fingerprint density at radius 3 is 2.76 bits per heavy atom. The number of imidazole rings is 1. The van der Waals surface area contributed by atoms with E-state index in [1.807, 2.05) is 6.20 Å². The van der Waals surface area contributed by atoms with Gasteiger partial charge in [0.2, 0.25) is 0 Å². The average molecular weight is 338 g/mol. The number of ether oxygens (including phenoxy) is 1. The van der Waals surface area contributed by atoms with Gasteiger partial charge in [-0.3, -0.25) is 0 Å². The molecule has 0 saturated carbocycles. The Kier molecular flexibility index (Phi) is 5.00. The van der Waals surface area contributed by atoms with Crippen molar-refractivity contribution in [1.29, 1.82) is 0 Å². The second-order valence-electron chi connectivity index (χ2n) is 3.86. The molecular formula is C13H15IN2O. The summed E-state index contributed by atoms with van der Waals surface area (Å²) < 4.78 is 6.88. The molecule has 1 N–H and O–H groups in total. The van der Waals surface area contributed by atoms with Crippen LogP contribution in [0.5, 0.6) is 0 Å². The molecule has 0 unspecified atom stereocenters. The maximum Gasteiger partial charge on any atom is 0.0921 e. The van der Waals surface area contributed by atoms with Gasteiger partial charge < -0.3 is 9.72 Å². The first-order valence-corrected chi connectivity index (χ1v) is 6.72. The van der Waals surface area contributed by atoms with E-state index in [-0.39, 0.29) is 0 Å². The molecule has 0 aliphatic rings. The van der Waals surface area contributed by atoms with Crippen LogP contribution in [0.3, 0.4) is 0 Å². The Balaban J connectivity index is 1.61. The number of aryl methyl sites for hydroxylation is 1. The Morgan fingerprint density at radius 1 is 1.24 bits per heavy atom. The lowest BCUT2D eigenvalue weighted by atomic mass is 10.2. The van der Waals surface area contributed by atoms with Gasteiger partial charge in [-0.05, 0) is 53.1 Å². The highest BCUT2D eigenvalue weighted by atomic mass is 123. The van der Waals surface area contributed by atoms with E-state index in [1.54, 1.807) is 6.33 Å². The van der Waals surface area contributed by atoms with Gasteiger partial charge in [0.15, 0.2) is 0 Å². The normalized spacial score (nSPS) is 10.6. The zero-order valence-electron chi connectivity index (χ0n) is 9.53. The molecule has 90 valence electrons. The molecule has 2 rings (SSSR count). The first-order chi connectivity index (χ1) is 8.34. The first kappa shape index (κ1) is 12.6. The highest BCUT2D eigenvalue weighted by molar-refractivity contribution is 14.1. The Morgan fingerprint density at radius 2 is 2.06 bits per heavy atom. The molecule has 0 bridgehead atoms. The van der Waals surface area contributed by atoms with E-state index in [0.717, 1.165) is 19.4 Å². The van der Waals surface area contributed by atoms with Crippen LogP contribution in [0.1, 0.15) is 17.7 Å². The number of hydrogen-bond donors (Lipinski definition) is 1. The van der Waals surface area contributed by atoms with E-state index in [4.69, 9.17) is 4.74 Å². The zero-order valence-corrected chi connectivity index (χ0v) is 11.7. The fourth-order valence-electron chi connectivity index (χ4n) is 1.56. The lowest BCUT2D eigenvalue weighted by molar-refractivity contribution is 0.118. The zero-order chi connectivity index (χ0) is 11.9. The number of nitrogens with one attached hydrogen (secondary N) is 1. The third-order valence-corrected chi connectivity index (χ3v) is 3.19. The van der Waals surface area contributed by atoms with Gasteiger partial charge >= 0.3 is 0 Å². The van der Waals surface area contributed by atoms with Crippen molar-refractivity contribution < 1.29 is 4.74 Å². The average Bonchev–Trinajstić information content (AvgIpc) is 2.84. The summed E-state index contributed by atoms with van der Waals surface area (Å²) in [5, 5.41) is 0. The third-order valence-electron chi connectivity index (χ3n) is 2.47. The molecule has 0 aliphatic heterocycles. The van der Waals surface area contributed by atoms with E-state index >= 15 is 0 Å². The number of benzene rings is 1. The van der Waals surface area contributed by atoms with Crippen molar-refractivity contribution in [2.24, 2.45) is 0 Å². The van der Waals surface area contributed by atoms with E-state index in [9.17, 15) is 0 Å². The van der Waals surface area contributed by atoms with Crippen molar-refractivity contribution >= 4 is 22.6 Å². The number of aromatic nitrogens is 2. The van der Waals surface area contributed by atoms with Crippen molar-refractivity contribution in [1.82, 2.24) is 9.97 Å². The van der Waals surface area contributed by atoms with Crippen molar-refractivity contribution in [3.8, 4) is 0 Å². The van der Waals surface area contributed by atoms with Crippen molar-refractivity contribution in [2.75, 3.05) is 6.61 Å². The molecule has 1 heterocycles. The molecule has 0 aliphatic carbocycles. The second-order valence-corrected chi connectivity index (χ2v) is 5.11. The van der Waals surface area contributed by atoms with Crippen LogP contribution in [-0.2, 0) is 17.8 Å². The maximum absolute atomic E-state index is 5.62. The van der Waals surface area contributed by atoms with E-state index < -0.39 is 0 Å². The van der Waals surface area contributed by atoms with Gasteiger partial charge in [-0.1, -0.05) is 12.1 Å². The molecule has 0 spiro atoms. The fraction of sp³-hybridized carbons (Fsp3) is 0.308. The molecule has 4 heteroatoms. The second kappa shape index (κ2) is 6.76. The summed E-state index contributed by atoms with van der Waals surface area (Å²) in [4.78, 5) is 7.06. The molecule has 0 fully saturated rings. The van der Waals surface area contributed by atoms with E-state index in [1.165, 1.54) is 14.8 Å². The molecule has 0 radical (unpaired) electrons. The van der Waals surface area contributed by atoms with Gasteiger partial charge in [0.05, 0.1) is 12.9 Å². The van der Waals surface area contributed by atoms with E-state index in [0.29, 0.717) is 6.61 Å². The van der Waals surface area contributed by atoms with Gasteiger partial charge in [0.1, 0.15) is 0 Å². The minimum absolute atomic E-state index is 0.694. The number of hydrogen-bond acceptors (Lipinski definition) is 2. The van der Waals surface area contributed by atoms with Gasteiger partial charge in [0.25, 0.3) is 0 Å². The van der Waals surface area contributed by atoms with Crippen LogP contribution in [0.15, 0.2) is 36.8 Å². The highest BCUT2D eigenvalue weighted by Crippen LogP contribution is 2.08. The standard InChI is InChI=1S/C13H15IN2O/c14-12-5-3-11(4-6-12)9-17-7-1-2-13-8-15-10-16-13/h3-6,8,10H,1-2,7,9H2,(H,15,16)/i14-4. The number of nitrogens with zero attached hydrogens (tertiary/aromatic N) is 1. The smallest absolute Gasteiger partial charge is 0.0921 e. The quantitative estimate of drug-likeness (QED) is 0.649. The molecule has 3 nitrogen and oxygen atoms in total. The number of aromatic amines is 1. The topological polar surface area (TPSA) is 37.9 Å². The van der Waals surface area contributed by atoms with E-state index in [2.05, 4.69) is 56.8 Å². The Labute approximate surface area is 115 Å². The summed E-state index contributed by atoms with van der Waals surface area (Å²) in [7, 11) is 0. The maximum atomic E-state index is 5.62. The Bertz CT molecular complexity index is 425. The summed E-state index contributed by atoms with van der Waals surface area (Å²) in [5.74, 6) is 0. The molecule has 0 amide bonds. The molecule has 0 atom stereocenters. The SMILES string of the molecule is [123I]c1ccc(COCCCc2cnc[nH]2)cc1. The van der Waals surface area contributed by atoms with Crippen LogP contribution < -0.4 is 0 Å². The van der Waals surface area contributed by atoms with Gasteiger partial charge in [-0.2, -0.15) is 0 Å². The van der Waals surface area contributed by atoms with Crippen LogP contribution in [-0.4, -0.2) is 16.6 Å². The highest BCUT2D eigenvalue weighted by Gasteiger charge is 1.96. The van der Waals surface area contributed by atoms with Crippen molar-refractivity contribution in [2.45, 2.75) is 19.4 Å². The fourth-order valence-corrected chi connectivity index (χ4v) is 1.92. The lowest BCUT2D eigenvalue weighted by Gasteiger charge is -2.04. The van der Waals surface area contributed by atoms with Gasteiger partial charge in [-0.15, -0.1) is 0 Å².